The largest absolute Gasteiger partial charge is 0.469 e. The van der Waals surface area contributed by atoms with E-state index in [1.807, 2.05) is 19.9 Å². The number of hydrogen-bond donors (Lipinski definition) is 2. The molecule has 0 radical (unpaired) electrons. The summed E-state index contributed by atoms with van der Waals surface area (Å²) in [5, 5.41) is 0. The molecule has 0 unspecified atom stereocenters. The maximum atomic E-state index is 5.32. The summed E-state index contributed by atoms with van der Waals surface area (Å²) in [7, 11) is 0. The van der Waals surface area contributed by atoms with Crippen molar-refractivity contribution in [2.45, 2.75) is 13.8 Å². The predicted molar refractivity (Wildman–Crippen MR) is 57.0 cm³/mol. The Labute approximate surface area is 87.3 Å². The normalized spacial score (nSPS) is 10.3. The molecule has 0 aromatic carbocycles. The van der Waals surface area contributed by atoms with Gasteiger partial charge in [-0.2, -0.15) is 0 Å². The van der Waals surface area contributed by atoms with E-state index in [1.54, 1.807) is 12.3 Å². The van der Waals surface area contributed by atoms with Crippen LogP contribution in [0.5, 0.6) is 0 Å². The molecule has 2 heterocycles. The molecule has 0 saturated heterocycles. The van der Waals surface area contributed by atoms with Gasteiger partial charge in [0.1, 0.15) is 11.6 Å². The number of furan rings is 1. The quantitative estimate of drug-likeness (QED) is 0.574. The number of hydrazine groups is 1. The lowest BCUT2D eigenvalue weighted by Gasteiger charge is -2.03. The fraction of sp³-hybridized carbons (Fsp3) is 0.200. The Morgan fingerprint density at radius 1 is 1.33 bits per heavy atom. The van der Waals surface area contributed by atoms with Gasteiger partial charge in [-0.15, -0.1) is 0 Å². The lowest BCUT2D eigenvalue weighted by molar-refractivity contribution is 0.535. The maximum absolute atomic E-state index is 5.32. The van der Waals surface area contributed by atoms with Gasteiger partial charge in [-0.25, -0.2) is 15.8 Å². The van der Waals surface area contributed by atoms with Crippen LogP contribution < -0.4 is 11.3 Å². The first-order valence-electron chi connectivity index (χ1n) is 4.57. The van der Waals surface area contributed by atoms with Crippen LogP contribution in [-0.2, 0) is 0 Å². The summed E-state index contributed by atoms with van der Waals surface area (Å²) >= 11 is 0. The standard InChI is InChI=1S/C10H12N4O/c1-6-5-9(14-11)13-10(12-6)8-3-4-15-7(8)2/h3-5H,11H2,1-2H3,(H,12,13,14). The van der Waals surface area contributed by atoms with Crippen molar-refractivity contribution in [1.82, 2.24) is 9.97 Å². The fourth-order valence-corrected chi connectivity index (χ4v) is 1.38. The summed E-state index contributed by atoms with van der Waals surface area (Å²) in [6.07, 6.45) is 1.62. The van der Waals surface area contributed by atoms with Gasteiger partial charge in [0.25, 0.3) is 0 Å². The van der Waals surface area contributed by atoms with Crippen molar-refractivity contribution in [3.63, 3.8) is 0 Å². The molecule has 0 aliphatic rings. The van der Waals surface area contributed by atoms with Gasteiger partial charge in [0.2, 0.25) is 0 Å². The van der Waals surface area contributed by atoms with Crippen molar-refractivity contribution < 1.29 is 4.42 Å². The Kier molecular flexibility index (Phi) is 2.39. The second-order valence-electron chi connectivity index (χ2n) is 3.25. The van der Waals surface area contributed by atoms with Crippen LogP contribution >= 0.6 is 0 Å². The van der Waals surface area contributed by atoms with E-state index >= 15 is 0 Å². The summed E-state index contributed by atoms with van der Waals surface area (Å²) in [5.41, 5.74) is 4.25. The van der Waals surface area contributed by atoms with Crippen LogP contribution in [0.2, 0.25) is 0 Å². The van der Waals surface area contributed by atoms with Crippen LogP contribution in [-0.4, -0.2) is 9.97 Å². The van der Waals surface area contributed by atoms with Crippen molar-refractivity contribution in [2.75, 3.05) is 5.43 Å². The van der Waals surface area contributed by atoms with Crippen molar-refractivity contribution in [2.24, 2.45) is 5.84 Å². The van der Waals surface area contributed by atoms with Gasteiger partial charge in [-0.1, -0.05) is 0 Å². The molecule has 15 heavy (non-hydrogen) atoms. The predicted octanol–water partition coefficient (Wildman–Crippen LogP) is 1.64. The maximum Gasteiger partial charge on any atom is 0.165 e. The second kappa shape index (κ2) is 3.70. The summed E-state index contributed by atoms with van der Waals surface area (Å²) in [6.45, 7) is 3.76. The van der Waals surface area contributed by atoms with Crippen molar-refractivity contribution in [3.8, 4) is 11.4 Å². The number of nitrogens with two attached hydrogens (primary N) is 1. The van der Waals surface area contributed by atoms with E-state index in [1.165, 1.54) is 0 Å². The van der Waals surface area contributed by atoms with Crippen LogP contribution in [0.15, 0.2) is 22.8 Å². The Morgan fingerprint density at radius 2 is 2.13 bits per heavy atom. The minimum Gasteiger partial charge on any atom is -0.469 e. The van der Waals surface area contributed by atoms with Gasteiger partial charge in [-0.3, -0.25) is 0 Å². The first-order chi connectivity index (χ1) is 7.20. The molecule has 0 aliphatic carbocycles. The lowest BCUT2D eigenvalue weighted by atomic mass is 10.2. The first kappa shape index (κ1) is 9.67. The number of nitrogens with one attached hydrogen (secondary N) is 1. The van der Waals surface area contributed by atoms with Crippen molar-refractivity contribution in [3.05, 3.63) is 29.9 Å². The lowest BCUT2D eigenvalue weighted by Crippen LogP contribution is -2.09. The van der Waals surface area contributed by atoms with Gasteiger partial charge in [-0.05, 0) is 19.9 Å². The highest BCUT2D eigenvalue weighted by molar-refractivity contribution is 5.59. The van der Waals surface area contributed by atoms with Crippen LogP contribution in [0, 0.1) is 13.8 Å². The molecular weight excluding hydrogens is 192 g/mol. The highest BCUT2D eigenvalue weighted by Gasteiger charge is 2.09. The van der Waals surface area contributed by atoms with Crippen LogP contribution in [0.4, 0.5) is 5.82 Å². The van der Waals surface area contributed by atoms with E-state index in [4.69, 9.17) is 10.3 Å². The smallest absolute Gasteiger partial charge is 0.165 e. The summed E-state index contributed by atoms with van der Waals surface area (Å²) in [4.78, 5) is 8.57. The molecule has 0 aliphatic heterocycles. The van der Waals surface area contributed by atoms with Crippen molar-refractivity contribution in [1.29, 1.82) is 0 Å². The topological polar surface area (TPSA) is 77.0 Å². The molecule has 0 spiro atoms. The summed E-state index contributed by atoms with van der Waals surface area (Å²) in [6, 6.07) is 3.61. The Balaban J connectivity index is 2.53. The number of nitrogen functional groups attached to an aromatic ring is 1. The highest BCUT2D eigenvalue weighted by Crippen LogP contribution is 2.21. The zero-order chi connectivity index (χ0) is 10.8. The molecule has 78 valence electrons. The van der Waals surface area contributed by atoms with E-state index in [9.17, 15) is 0 Å². The van der Waals surface area contributed by atoms with Gasteiger partial charge in [0.05, 0.1) is 11.8 Å². The second-order valence-corrected chi connectivity index (χ2v) is 3.25. The molecule has 0 atom stereocenters. The molecular formula is C10H12N4O. The number of aromatic nitrogens is 2. The van der Waals surface area contributed by atoms with Crippen molar-refractivity contribution >= 4 is 5.82 Å². The first-order valence-corrected chi connectivity index (χ1v) is 4.57. The highest BCUT2D eigenvalue weighted by atomic mass is 16.3. The average Bonchev–Trinajstić information content (AvgIpc) is 2.63. The molecule has 0 saturated carbocycles. The average molecular weight is 204 g/mol. The molecule has 5 nitrogen and oxygen atoms in total. The Morgan fingerprint density at radius 3 is 2.73 bits per heavy atom. The monoisotopic (exact) mass is 204 g/mol. The molecule has 3 N–H and O–H groups in total. The molecule has 0 bridgehead atoms. The van der Waals surface area contributed by atoms with E-state index < -0.39 is 0 Å². The molecule has 2 aromatic rings. The van der Waals surface area contributed by atoms with E-state index in [-0.39, 0.29) is 0 Å². The zero-order valence-corrected chi connectivity index (χ0v) is 8.61. The van der Waals surface area contributed by atoms with Gasteiger partial charge in [0.15, 0.2) is 5.82 Å². The summed E-state index contributed by atoms with van der Waals surface area (Å²) in [5.74, 6) is 7.33. The SMILES string of the molecule is Cc1cc(NN)nc(-c2ccoc2C)n1. The number of aryl methyl sites for hydroxylation is 2. The minimum absolute atomic E-state index is 0.595. The van der Waals surface area contributed by atoms with Crippen LogP contribution in [0.3, 0.4) is 0 Å². The van der Waals surface area contributed by atoms with E-state index in [2.05, 4.69) is 15.4 Å². The van der Waals surface area contributed by atoms with Gasteiger partial charge in [0, 0.05) is 11.8 Å². The van der Waals surface area contributed by atoms with Gasteiger partial charge < -0.3 is 9.84 Å². The fourth-order valence-electron chi connectivity index (χ4n) is 1.38. The summed E-state index contributed by atoms with van der Waals surface area (Å²) < 4.78 is 5.20. The number of anilines is 1. The number of nitrogens with zero attached hydrogens (tertiary/aromatic N) is 2. The third-order valence-corrected chi connectivity index (χ3v) is 2.10. The van der Waals surface area contributed by atoms with Gasteiger partial charge >= 0.3 is 0 Å². The number of hydrogen-bond acceptors (Lipinski definition) is 5. The molecule has 0 fully saturated rings. The minimum atomic E-state index is 0.595. The molecule has 2 rings (SSSR count). The zero-order valence-electron chi connectivity index (χ0n) is 8.61. The van der Waals surface area contributed by atoms with E-state index in [0.29, 0.717) is 11.6 Å². The van der Waals surface area contributed by atoms with Crippen LogP contribution in [0.1, 0.15) is 11.5 Å². The Bertz CT molecular complexity index is 478. The molecule has 0 amide bonds. The third kappa shape index (κ3) is 1.82. The Hall–Kier alpha value is -1.88. The number of rotatable bonds is 2. The van der Waals surface area contributed by atoms with Crippen LogP contribution in [0.25, 0.3) is 11.4 Å². The van der Waals surface area contributed by atoms with E-state index in [0.717, 1.165) is 17.0 Å². The third-order valence-electron chi connectivity index (χ3n) is 2.10. The molecule has 5 heteroatoms. The molecule has 2 aromatic heterocycles.